The highest BCUT2D eigenvalue weighted by atomic mass is 16.5. The third kappa shape index (κ3) is 3.21. The number of aromatic hydroxyl groups is 1. The molecular formula is C26H21NO5. The number of amides is 1. The van der Waals surface area contributed by atoms with Crippen molar-refractivity contribution in [2.45, 2.75) is 18.9 Å². The number of Topliss-reactive ketones (excluding diaryl/α,β-unsaturated/α-hetero) is 1. The molecule has 5 rings (SSSR count). The number of phenols is 1. The van der Waals surface area contributed by atoms with E-state index in [2.05, 4.69) is 0 Å². The lowest BCUT2D eigenvalue weighted by Crippen LogP contribution is -2.29. The van der Waals surface area contributed by atoms with Crippen LogP contribution in [0.1, 0.15) is 29.2 Å². The number of para-hydroxylation sites is 2. The van der Waals surface area contributed by atoms with Crippen LogP contribution in [0.5, 0.6) is 11.5 Å². The Morgan fingerprint density at radius 2 is 1.72 bits per heavy atom. The first kappa shape index (κ1) is 19.9. The summed E-state index contributed by atoms with van der Waals surface area (Å²) in [5.74, 6) is -1.21. The van der Waals surface area contributed by atoms with Gasteiger partial charge in [-0.3, -0.25) is 14.5 Å². The molecule has 2 aliphatic rings. The highest BCUT2D eigenvalue weighted by Gasteiger charge is 2.47. The molecule has 6 heteroatoms. The number of hydrogen-bond donors (Lipinski definition) is 2. The van der Waals surface area contributed by atoms with E-state index in [4.69, 9.17) is 4.74 Å². The molecular weight excluding hydrogens is 406 g/mol. The standard InChI is InChI=1S/C26H21NO5/c28-20-11-5-4-10-19(20)27-23(16-7-2-1-3-8-16)22(25(30)26(27)31)24(29)18-12-13-21-17(15-18)9-6-14-32-21/h1-5,7-8,10-13,15,23,28-29H,6,9,14H2/b24-22-. The van der Waals surface area contributed by atoms with Gasteiger partial charge in [-0.2, -0.15) is 0 Å². The van der Waals surface area contributed by atoms with Crippen LogP contribution in [0, 0.1) is 0 Å². The maximum absolute atomic E-state index is 13.2. The van der Waals surface area contributed by atoms with Crippen LogP contribution in [0.15, 0.2) is 78.4 Å². The molecule has 0 aliphatic carbocycles. The summed E-state index contributed by atoms with van der Waals surface area (Å²) >= 11 is 0. The number of rotatable bonds is 3. The topological polar surface area (TPSA) is 87.1 Å². The van der Waals surface area contributed by atoms with E-state index in [9.17, 15) is 19.8 Å². The summed E-state index contributed by atoms with van der Waals surface area (Å²) in [4.78, 5) is 27.5. The summed E-state index contributed by atoms with van der Waals surface area (Å²) < 4.78 is 5.65. The zero-order valence-electron chi connectivity index (χ0n) is 17.2. The van der Waals surface area contributed by atoms with Gasteiger partial charge in [0.2, 0.25) is 0 Å². The van der Waals surface area contributed by atoms with Gasteiger partial charge >= 0.3 is 0 Å². The first-order chi connectivity index (χ1) is 15.6. The maximum atomic E-state index is 13.2. The summed E-state index contributed by atoms with van der Waals surface area (Å²) in [6, 6.07) is 19.8. The fourth-order valence-corrected chi connectivity index (χ4v) is 4.36. The minimum atomic E-state index is -0.878. The Balaban J connectivity index is 1.70. The molecule has 1 amide bonds. The van der Waals surface area contributed by atoms with Crippen LogP contribution in [0.4, 0.5) is 5.69 Å². The first-order valence-electron chi connectivity index (χ1n) is 10.5. The van der Waals surface area contributed by atoms with Crippen molar-refractivity contribution >= 4 is 23.1 Å². The van der Waals surface area contributed by atoms with Crippen LogP contribution in [-0.2, 0) is 16.0 Å². The Morgan fingerprint density at radius 3 is 2.50 bits per heavy atom. The van der Waals surface area contributed by atoms with E-state index < -0.39 is 17.7 Å². The van der Waals surface area contributed by atoms with Crippen LogP contribution in [-0.4, -0.2) is 28.5 Å². The van der Waals surface area contributed by atoms with Crippen molar-refractivity contribution < 1.29 is 24.5 Å². The number of hydrogen-bond acceptors (Lipinski definition) is 5. The minimum absolute atomic E-state index is 0.0128. The van der Waals surface area contributed by atoms with Gasteiger partial charge in [0.05, 0.1) is 23.9 Å². The molecule has 2 N–H and O–H groups in total. The van der Waals surface area contributed by atoms with E-state index >= 15 is 0 Å². The molecule has 0 saturated carbocycles. The third-order valence-electron chi connectivity index (χ3n) is 5.88. The van der Waals surface area contributed by atoms with Gasteiger partial charge in [-0.25, -0.2) is 0 Å². The second-order valence-corrected chi connectivity index (χ2v) is 7.84. The van der Waals surface area contributed by atoms with Crippen LogP contribution in [0.3, 0.4) is 0 Å². The third-order valence-corrected chi connectivity index (χ3v) is 5.88. The monoisotopic (exact) mass is 427 g/mol. The predicted molar refractivity (Wildman–Crippen MR) is 120 cm³/mol. The Bertz CT molecular complexity index is 1250. The van der Waals surface area contributed by atoms with Gasteiger partial charge in [-0.1, -0.05) is 42.5 Å². The van der Waals surface area contributed by atoms with E-state index in [-0.39, 0.29) is 22.8 Å². The average Bonchev–Trinajstić information content (AvgIpc) is 3.09. The number of phenolic OH excluding ortho intramolecular Hbond substituents is 1. The zero-order chi connectivity index (χ0) is 22.2. The van der Waals surface area contributed by atoms with E-state index in [1.807, 2.05) is 6.07 Å². The van der Waals surface area contributed by atoms with Crippen LogP contribution in [0.25, 0.3) is 5.76 Å². The second-order valence-electron chi connectivity index (χ2n) is 7.84. The minimum Gasteiger partial charge on any atom is -0.507 e. The molecule has 1 atom stereocenters. The number of benzene rings is 3. The van der Waals surface area contributed by atoms with Crippen molar-refractivity contribution in [2.75, 3.05) is 11.5 Å². The number of nitrogens with zero attached hydrogens (tertiary/aromatic N) is 1. The highest BCUT2D eigenvalue weighted by molar-refractivity contribution is 6.51. The molecule has 1 saturated heterocycles. The van der Waals surface area contributed by atoms with E-state index in [0.29, 0.717) is 17.7 Å². The van der Waals surface area contributed by atoms with Crippen molar-refractivity contribution in [3.8, 4) is 11.5 Å². The molecule has 160 valence electrons. The summed E-state index contributed by atoms with van der Waals surface area (Å²) in [5, 5.41) is 21.7. The van der Waals surface area contributed by atoms with Gasteiger partial charge in [0.1, 0.15) is 17.3 Å². The summed E-state index contributed by atoms with van der Waals surface area (Å²) in [6.45, 7) is 0.651. The first-order valence-corrected chi connectivity index (χ1v) is 10.5. The number of fused-ring (bicyclic) bond motifs is 1. The average molecular weight is 427 g/mol. The van der Waals surface area contributed by atoms with Crippen molar-refractivity contribution in [1.29, 1.82) is 0 Å². The SMILES string of the molecule is O=C1C(=O)N(c2ccccc2O)C(c2ccccc2)/C1=C(/O)c1ccc2c(c1)CCCO2. The molecule has 0 radical (unpaired) electrons. The smallest absolute Gasteiger partial charge is 0.300 e. The van der Waals surface area contributed by atoms with Crippen LogP contribution in [0.2, 0.25) is 0 Å². The summed E-state index contributed by atoms with van der Waals surface area (Å²) in [7, 11) is 0. The van der Waals surface area contributed by atoms with E-state index in [0.717, 1.165) is 24.2 Å². The summed E-state index contributed by atoms with van der Waals surface area (Å²) in [6.07, 6.45) is 1.68. The van der Waals surface area contributed by atoms with Gasteiger partial charge in [0.25, 0.3) is 11.7 Å². The Hall–Kier alpha value is -4.06. The van der Waals surface area contributed by atoms with Gasteiger partial charge in [0, 0.05) is 5.56 Å². The second kappa shape index (κ2) is 7.89. The lowest BCUT2D eigenvalue weighted by molar-refractivity contribution is -0.132. The largest absolute Gasteiger partial charge is 0.507 e. The molecule has 6 nitrogen and oxygen atoms in total. The Morgan fingerprint density at radius 1 is 0.969 bits per heavy atom. The molecule has 0 bridgehead atoms. The molecule has 2 heterocycles. The molecule has 0 aromatic heterocycles. The lowest BCUT2D eigenvalue weighted by atomic mass is 9.94. The molecule has 32 heavy (non-hydrogen) atoms. The summed E-state index contributed by atoms with van der Waals surface area (Å²) in [5.41, 5.74) is 2.25. The molecule has 1 fully saturated rings. The maximum Gasteiger partial charge on any atom is 0.300 e. The number of carbonyl (C=O) groups is 2. The highest BCUT2D eigenvalue weighted by Crippen LogP contribution is 2.44. The number of ether oxygens (including phenoxy) is 1. The molecule has 0 spiro atoms. The van der Waals surface area contributed by atoms with E-state index in [1.165, 1.54) is 11.0 Å². The normalized spacial score (nSPS) is 19.5. The van der Waals surface area contributed by atoms with Crippen molar-refractivity contribution in [1.82, 2.24) is 0 Å². The fourth-order valence-electron chi connectivity index (χ4n) is 4.36. The number of carbonyl (C=O) groups excluding carboxylic acids is 2. The Kier molecular flexibility index (Phi) is 4.90. The Labute approximate surface area is 185 Å². The van der Waals surface area contributed by atoms with Gasteiger partial charge < -0.3 is 14.9 Å². The number of ketones is 1. The molecule has 3 aromatic carbocycles. The molecule has 2 aliphatic heterocycles. The quantitative estimate of drug-likeness (QED) is 0.369. The lowest BCUT2D eigenvalue weighted by Gasteiger charge is -2.26. The van der Waals surface area contributed by atoms with Gasteiger partial charge in [0.15, 0.2) is 0 Å². The molecule has 3 aromatic rings. The number of anilines is 1. The zero-order valence-corrected chi connectivity index (χ0v) is 17.2. The van der Waals surface area contributed by atoms with Crippen LogP contribution >= 0.6 is 0 Å². The number of aliphatic hydroxyl groups is 1. The van der Waals surface area contributed by atoms with Gasteiger partial charge in [-0.15, -0.1) is 0 Å². The van der Waals surface area contributed by atoms with Crippen LogP contribution < -0.4 is 9.64 Å². The van der Waals surface area contributed by atoms with Crippen molar-refractivity contribution in [3.63, 3.8) is 0 Å². The van der Waals surface area contributed by atoms with Crippen molar-refractivity contribution in [3.05, 3.63) is 95.1 Å². The van der Waals surface area contributed by atoms with E-state index in [1.54, 1.807) is 60.7 Å². The van der Waals surface area contributed by atoms with Gasteiger partial charge in [-0.05, 0) is 54.3 Å². The van der Waals surface area contributed by atoms with Crippen molar-refractivity contribution in [2.24, 2.45) is 0 Å². The fraction of sp³-hybridized carbons (Fsp3) is 0.154. The molecule has 1 unspecified atom stereocenters. The number of aryl methyl sites for hydroxylation is 1. The number of aliphatic hydroxyl groups excluding tert-OH is 1. The predicted octanol–water partition coefficient (Wildman–Crippen LogP) is 4.34.